The SMILES string of the molecule is CCOc1cc2c(cc1NC(=O)c1ccc(C#N)cc1)O[C@@H](C)C2. The molecule has 2 aromatic carbocycles. The molecule has 0 radical (unpaired) electrons. The fraction of sp³-hybridized carbons (Fsp3) is 0.263. The molecule has 2 aromatic rings. The molecule has 5 heteroatoms. The lowest BCUT2D eigenvalue weighted by atomic mass is 10.1. The van der Waals surface area contributed by atoms with E-state index in [4.69, 9.17) is 14.7 Å². The van der Waals surface area contributed by atoms with Gasteiger partial charge in [-0.05, 0) is 44.2 Å². The van der Waals surface area contributed by atoms with E-state index in [1.54, 1.807) is 24.3 Å². The number of nitrogens with zero attached hydrogens (tertiary/aromatic N) is 1. The molecule has 0 spiro atoms. The van der Waals surface area contributed by atoms with Gasteiger partial charge in [-0.3, -0.25) is 4.79 Å². The van der Waals surface area contributed by atoms with Crippen molar-refractivity contribution in [2.45, 2.75) is 26.4 Å². The second-order valence-corrected chi connectivity index (χ2v) is 5.66. The fourth-order valence-corrected chi connectivity index (χ4v) is 2.70. The number of hydrogen-bond acceptors (Lipinski definition) is 4. The molecular formula is C19H18N2O3. The number of benzene rings is 2. The third kappa shape index (κ3) is 3.18. The number of anilines is 1. The van der Waals surface area contributed by atoms with Gasteiger partial charge in [0.15, 0.2) is 0 Å². The lowest BCUT2D eigenvalue weighted by Crippen LogP contribution is -2.13. The molecule has 0 aliphatic carbocycles. The molecule has 0 unspecified atom stereocenters. The van der Waals surface area contributed by atoms with Crippen LogP contribution in [0.4, 0.5) is 5.69 Å². The molecule has 3 rings (SSSR count). The molecule has 0 saturated carbocycles. The Bertz CT molecular complexity index is 807. The van der Waals surface area contributed by atoms with Crippen LogP contribution in [0.3, 0.4) is 0 Å². The van der Waals surface area contributed by atoms with E-state index in [-0.39, 0.29) is 12.0 Å². The molecule has 0 aromatic heterocycles. The zero-order chi connectivity index (χ0) is 17.1. The molecule has 1 N–H and O–H groups in total. The third-order valence-electron chi connectivity index (χ3n) is 3.82. The summed E-state index contributed by atoms with van der Waals surface area (Å²) in [6.07, 6.45) is 0.957. The number of fused-ring (bicyclic) bond motifs is 1. The highest BCUT2D eigenvalue weighted by Gasteiger charge is 2.22. The van der Waals surface area contributed by atoms with Crippen molar-refractivity contribution in [1.29, 1.82) is 5.26 Å². The highest BCUT2D eigenvalue weighted by Crippen LogP contribution is 2.38. The Hall–Kier alpha value is -3.00. The number of nitrogens with one attached hydrogen (secondary N) is 1. The largest absolute Gasteiger partial charge is 0.492 e. The third-order valence-corrected chi connectivity index (χ3v) is 3.82. The minimum Gasteiger partial charge on any atom is -0.492 e. The van der Waals surface area contributed by atoms with E-state index in [2.05, 4.69) is 5.32 Å². The summed E-state index contributed by atoms with van der Waals surface area (Å²) in [6, 6.07) is 12.3. The Morgan fingerprint density at radius 2 is 2.12 bits per heavy atom. The lowest BCUT2D eigenvalue weighted by Gasteiger charge is -2.13. The lowest BCUT2D eigenvalue weighted by molar-refractivity contribution is 0.102. The number of hydrogen-bond donors (Lipinski definition) is 1. The summed E-state index contributed by atoms with van der Waals surface area (Å²) in [5, 5.41) is 11.7. The smallest absolute Gasteiger partial charge is 0.255 e. The van der Waals surface area contributed by atoms with Gasteiger partial charge >= 0.3 is 0 Å². The second kappa shape index (κ2) is 6.63. The van der Waals surface area contributed by atoms with Crippen molar-refractivity contribution in [3.05, 3.63) is 53.1 Å². The highest BCUT2D eigenvalue weighted by atomic mass is 16.5. The number of ether oxygens (including phenoxy) is 2. The van der Waals surface area contributed by atoms with Gasteiger partial charge in [-0.25, -0.2) is 0 Å². The van der Waals surface area contributed by atoms with E-state index >= 15 is 0 Å². The van der Waals surface area contributed by atoms with Crippen molar-refractivity contribution in [3.8, 4) is 17.6 Å². The first kappa shape index (κ1) is 15.9. The Morgan fingerprint density at radius 1 is 1.38 bits per heavy atom. The Morgan fingerprint density at radius 3 is 2.79 bits per heavy atom. The average molecular weight is 322 g/mol. The summed E-state index contributed by atoms with van der Waals surface area (Å²) in [6.45, 7) is 4.42. The van der Waals surface area contributed by atoms with Gasteiger partial charge in [-0.15, -0.1) is 0 Å². The quantitative estimate of drug-likeness (QED) is 0.934. The van der Waals surface area contributed by atoms with Crippen LogP contribution in [0.15, 0.2) is 36.4 Å². The Kier molecular flexibility index (Phi) is 4.39. The molecule has 1 heterocycles. The summed E-state index contributed by atoms with van der Waals surface area (Å²) in [7, 11) is 0. The van der Waals surface area contributed by atoms with Crippen LogP contribution < -0.4 is 14.8 Å². The molecule has 1 atom stereocenters. The van der Waals surface area contributed by atoms with E-state index in [0.717, 1.165) is 17.7 Å². The summed E-state index contributed by atoms with van der Waals surface area (Å²) in [4.78, 5) is 12.4. The molecule has 0 fully saturated rings. The molecule has 1 aliphatic heterocycles. The normalized spacial score (nSPS) is 15.1. The Balaban J connectivity index is 1.86. The zero-order valence-corrected chi connectivity index (χ0v) is 13.6. The minimum atomic E-state index is -0.258. The molecule has 24 heavy (non-hydrogen) atoms. The molecule has 1 amide bonds. The van der Waals surface area contributed by atoms with Crippen molar-refractivity contribution >= 4 is 11.6 Å². The van der Waals surface area contributed by atoms with E-state index in [0.29, 0.717) is 29.2 Å². The first-order chi connectivity index (χ1) is 11.6. The van der Waals surface area contributed by atoms with E-state index in [1.165, 1.54) is 0 Å². The molecule has 122 valence electrons. The topological polar surface area (TPSA) is 71.3 Å². The van der Waals surface area contributed by atoms with Crippen LogP contribution in [0, 0.1) is 11.3 Å². The maximum atomic E-state index is 12.4. The summed E-state index contributed by atoms with van der Waals surface area (Å²) < 4.78 is 11.4. The van der Waals surface area contributed by atoms with Gasteiger partial charge in [-0.2, -0.15) is 5.26 Å². The van der Waals surface area contributed by atoms with Crippen LogP contribution in [0.5, 0.6) is 11.5 Å². The van der Waals surface area contributed by atoms with Crippen LogP contribution in [0.1, 0.15) is 35.3 Å². The molecular weight excluding hydrogens is 304 g/mol. The molecule has 1 aliphatic rings. The minimum absolute atomic E-state index is 0.124. The fourth-order valence-electron chi connectivity index (χ4n) is 2.70. The number of amides is 1. The van der Waals surface area contributed by atoms with E-state index < -0.39 is 0 Å². The van der Waals surface area contributed by atoms with Gasteiger partial charge in [-0.1, -0.05) is 0 Å². The van der Waals surface area contributed by atoms with Gasteiger partial charge in [0, 0.05) is 23.6 Å². The average Bonchev–Trinajstić information content (AvgIpc) is 2.94. The van der Waals surface area contributed by atoms with Gasteiger partial charge in [0.1, 0.15) is 17.6 Å². The van der Waals surface area contributed by atoms with Crippen molar-refractivity contribution in [2.24, 2.45) is 0 Å². The summed E-state index contributed by atoms with van der Waals surface area (Å²) in [5.41, 5.74) is 2.66. The number of rotatable bonds is 4. The zero-order valence-electron chi connectivity index (χ0n) is 13.6. The van der Waals surface area contributed by atoms with Crippen LogP contribution in [0.2, 0.25) is 0 Å². The van der Waals surface area contributed by atoms with Crippen LogP contribution in [0.25, 0.3) is 0 Å². The Labute approximate surface area is 140 Å². The summed E-state index contributed by atoms with van der Waals surface area (Å²) in [5.74, 6) is 1.16. The first-order valence-electron chi connectivity index (χ1n) is 7.88. The van der Waals surface area contributed by atoms with E-state index in [9.17, 15) is 4.79 Å². The molecule has 0 saturated heterocycles. The predicted molar refractivity (Wildman–Crippen MR) is 90.5 cm³/mol. The van der Waals surface area contributed by atoms with Gasteiger partial charge in [0.05, 0.1) is 23.9 Å². The van der Waals surface area contributed by atoms with Crippen molar-refractivity contribution in [1.82, 2.24) is 0 Å². The van der Waals surface area contributed by atoms with E-state index in [1.807, 2.05) is 32.0 Å². The maximum absolute atomic E-state index is 12.4. The predicted octanol–water partition coefficient (Wildman–Crippen LogP) is 3.53. The number of carbonyl (C=O) groups excluding carboxylic acids is 1. The van der Waals surface area contributed by atoms with Crippen molar-refractivity contribution in [2.75, 3.05) is 11.9 Å². The van der Waals surface area contributed by atoms with Gasteiger partial charge in [0.25, 0.3) is 5.91 Å². The van der Waals surface area contributed by atoms with Gasteiger partial charge < -0.3 is 14.8 Å². The number of nitriles is 1. The van der Waals surface area contributed by atoms with Gasteiger partial charge in [0.2, 0.25) is 0 Å². The van der Waals surface area contributed by atoms with Crippen molar-refractivity contribution < 1.29 is 14.3 Å². The van der Waals surface area contributed by atoms with Crippen LogP contribution in [-0.2, 0) is 6.42 Å². The maximum Gasteiger partial charge on any atom is 0.255 e. The first-order valence-corrected chi connectivity index (χ1v) is 7.88. The van der Waals surface area contributed by atoms with Crippen LogP contribution >= 0.6 is 0 Å². The standard InChI is InChI=1S/C19H18N2O3/c1-3-23-18-9-15-8-12(2)24-17(15)10-16(18)21-19(22)14-6-4-13(11-20)5-7-14/h4-7,9-10,12H,3,8H2,1-2H3,(H,21,22)/t12-/m0/s1. The van der Waals surface area contributed by atoms with Crippen LogP contribution in [-0.4, -0.2) is 18.6 Å². The summed E-state index contributed by atoms with van der Waals surface area (Å²) >= 11 is 0. The highest BCUT2D eigenvalue weighted by molar-refractivity contribution is 6.05. The monoisotopic (exact) mass is 322 g/mol. The molecule has 5 nitrogen and oxygen atoms in total. The number of carbonyl (C=O) groups is 1. The molecule has 0 bridgehead atoms. The second-order valence-electron chi connectivity index (χ2n) is 5.66. The van der Waals surface area contributed by atoms with Crippen molar-refractivity contribution in [3.63, 3.8) is 0 Å².